The average molecular weight is 479 g/mol. The number of alkyl carbamates (subject to hydrolysis) is 1. The maximum absolute atomic E-state index is 12.7. The zero-order valence-electron chi connectivity index (χ0n) is 19.0. The van der Waals surface area contributed by atoms with Gasteiger partial charge in [-0.3, -0.25) is 4.79 Å². The van der Waals surface area contributed by atoms with Crippen molar-refractivity contribution < 1.29 is 32.2 Å². The number of benzene rings is 2. The van der Waals surface area contributed by atoms with Gasteiger partial charge in [-0.15, -0.1) is 0 Å². The number of hydrogen-bond donors (Lipinski definition) is 2. The van der Waals surface area contributed by atoms with Gasteiger partial charge in [0.05, 0.1) is 20.0 Å². The van der Waals surface area contributed by atoms with Crippen LogP contribution in [0.1, 0.15) is 17.5 Å². The molecule has 180 valence electrons. The first-order valence-corrected chi connectivity index (χ1v) is 12.4. The number of methoxy groups -OCH3 is 2. The van der Waals surface area contributed by atoms with E-state index >= 15 is 0 Å². The van der Waals surface area contributed by atoms with Gasteiger partial charge >= 0.3 is 6.09 Å². The molecule has 0 saturated heterocycles. The van der Waals surface area contributed by atoms with Crippen LogP contribution in [0.25, 0.3) is 0 Å². The molecule has 0 fully saturated rings. The van der Waals surface area contributed by atoms with E-state index in [1.54, 1.807) is 38.5 Å². The fourth-order valence-corrected chi connectivity index (χ4v) is 3.69. The minimum Gasteiger partial charge on any atom is -0.497 e. The Morgan fingerprint density at radius 2 is 1.76 bits per heavy atom. The predicted octanol–water partition coefficient (Wildman–Crippen LogP) is 2.09. The first-order chi connectivity index (χ1) is 15.7. The molecule has 0 aliphatic rings. The number of sulfone groups is 1. The Balaban J connectivity index is 1.96. The summed E-state index contributed by atoms with van der Waals surface area (Å²) in [4.78, 5) is 24.9. The lowest BCUT2D eigenvalue weighted by Gasteiger charge is -2.18. The van der Waals surface area contributed by atoms with Crippen LogP contribution in [0.3, 0.4) is 0 Å². The van der Waals surface area contributed by atoms with Gasteiger partial charge < -0.3 is 24.8 Å². The van der Waals surface area contributed by atoms with Crippen molar-refractivity contribution >= 4 is 21.8 Å². The van der Waals surface area contributed by atoms with E-state index in [0.717, 1.165) is 17.4 Å². The van der Waals surface area contributed by atoms with Gasteiger partial charge in [0.2, 0.25) is 5.91 Å². The summed E-state index contributed by atoms with van der Waals surface area (Å²) >= 11 is 0. The first-order valence-electron chi connectivity index (χ1n) is 10.4. The van der Waals surface area contributed by atoms with Crippen LogP contribution in [-0.4, -0.2) is 59.2 Å². The number of carbonyl (C=O) groups excluding carboxylic acids is 2. The van der Waals surface area contributed by atoms with Crippen LogP contribution in [0, 0.1) is 0 Å². The second-order valence-electron chi connectivity index (χ2n) is 7.40. The lowest BCUT2D eigenvalue weighted by atomic mass is 10.1. The summed E-state index contributed by atoms with van der Waals surface area (Å²) in [7, 11) is -0.217. The van der Waals surface area contributed by atoms with Gasteiger partial charge in [0.15, 0.2) is 0 Å². The fraction of sp³-hybridized carbons (Fsp3) is 0.391. The third kappa shape index (κ3) is 9.40. The summed E-state index contributed by atoms with van der Waals surface area (Å²) in [5, 5.41) is 5.20. The second-order valence-corrected chi connectivity index (χ2v) is 9.66. The number of ether oxygens (including phenoxy) is 3. The van der Waals surface area contributed by atoms with Gasteiger partial charge in [-0.25, -0.2) is 13.2 Å². The van der Waals surface area contributed by atoms with E-state index in [4.69, 9.17) is 14.2 Å². The van der Waals surface area contributed by atoms with E-state index in [9.17, 15) is 18.0 Å². The van der Waals surface area contributed by atoms with Crippen LogP contribution in [0.4, 0.5) is 4.79 Å². The highest BCUT2D eigenvalue weighted by atomic mass is 32.2. The van der Waals surface area contributed by atoms with Gasteiger partial charge in [-0.05, 0) is 42.2 Å². The first kappa shape index (κ1) is 26.0. The topological polar surface area (TPSA) is 120 Å². The molecule has 0 bridgehead atoms. The van der Waals surface area contributed by atoms with Crippen molar-refractivity contribution in [2.45, 2.75) is 25.5 Å². The largest absolute Gasteiger partial charge is 0.497 e. The Bertz CT molecular complexity index is 1030. The summed E-state index contributed by atoms with van der Waals surface area (Å²) in [6.45, 7) is 0.279. The zero-order valence-corrected chi connectivity index (χ0v) is 19.8. The van der Waals surface area contributed by atoms with E-state index in [1.165, 1.54) is 0 Å². The number of rotatable bonds is 12. The molecule has 33 heavy (non-hydrogen) atoms. The molecule has 10 heteroatoms. The van der Waals surface area contributed by atoms with Crippen molar-refractivity contribution in [1.82, 2.24) is 10.6 Å². The molecule has 1 atom stereocenters. The molecule has 2 N–H and O–H groups in total. The lowest BCUT2D eigenvalue weighted by Crippen LogP contribution is -2.48. The van der Waals surface area contributed by atoms with Crippen LogP contribution in [0.2, 0.25) is 0 Å². The molecule has 0 aliphatic carbocycles. The second kappa shape index (κ2) is 12.7. The Morgan fingerprint density at radius 3 is 2.39 bits per heavy atom. The van der Waals surface area contributed by atoms with Gasteiger partial charge in [0, 0.05) is 12.8 Å². The van der Waals surface area contributed by atoms with Crippen LogP contribution < -0.4 is 20.1 Å². The van der Waals surface area contributed by atoms with Crippen molar-refractivity contribution in [3.63, 3.8) is 0 Å². The molecular formula is C23H30N2O7S. The molecule has 0 saturated carbocycles. The van der Waals surface area contributed by atoms with Crippen molar-refractivity contribution in [2.75, 3.05) is 32.8 Å². The Kier molecular flexibility index (Phi) is 9.99. The van der Waals surface area contributed by atoms with Gasteiger partial charge in [-0.1, -0.05) is 30.3 Å². The highest BCUT2D eigenvalue weighted by Gasteiger charge is 2.23. The van der Waals surface area contributed by atoms with Crippen LogP contribution in [0.5, 0.6) is 11.5 Å². The Labute approximate surface area is 194 Å². The average Bonchev–Trinajstić information content (AvgIpc) is 2.80. The molecule has 2 aromatic carbocycles. The van der Waals surface area contributed by atoms with Crippen LogP contribution >= 0.6 is 0 Å². The van der Waals surface area contributed by atoms with Crippen LogP contribution in [0.15, 0.2) is 48.5 Å². The van der Waals surface area contributed by atoms with Gasteiger partial charge in [0.25, 0.3) is 0 Å². The molecule has 2 aromatic rings. The minimum atomic E-state index is -3.33. The van der Waals surface area contributed by atoms with E-state index in [-0.39, 0.29) is 25.3 Å². The maximum atomic E-state index is 12.7. The molecule has 0 spiro atoms. The maximum Gasteiger partial charge on any atom is 0.408 e. The van der Waals surface area contributed by atoms with E-state index in [2.05, 4.69) is 10.6 Å². The zero-order chi connectivity index (χ0) is 24.3. The summed E-state index contributed by atoms with van der Waals surface area (Å²) in [5.74, 6) is 0.553. The number of carbonyl (C=O) groups is 2. The predicted molar refractivity (Wildman–Crippen MR) is 124 cm³/mol. The summed E-state index contributed by atoms with van der Waals surface area (Å²) < 4.78 is 38.9. The van der Waals surface area contributed by atoms with E-state index in [0.29, 0.717) is 17.9 Å². The molecule has 0 aliphatic heterocycles. The van der Waals surface area contributed by atoms with Crippen molar-refractivity contribution in [3.05, 3.63) is 59.7 Å². The standard InChI is InChI=1S/C23H30N2O7S/c1-30-19-9-10-21(31-2)18(15-19)11-13-24-22(26)20(12-14-33(3,28)29)25-23(27)32-16-17-7-5-4-6-8-17/h4-10,15,20H,11-14,16H2,1-3H3,(H,24,26)(H,25,27). The molecular weight excluding hydrogens is 448 g/mol. The third-order valence-corrected chi connectivity index (χ3v) is 5.76. The van der Waals surface area contributed by atoms with Gasteiger partial charge in [-0.2, -0.15) is 0 Å². The normalized spacial score (nSPS) is 11.8. The molecule has 2 amide bonds. The van der Waals surface area contributed by atoms with Crippen molar-refractivity contribution in [3.8, 4) is 11.5 Å². The molecule has 2 rings (SSSR count). The quantitative estimate of drug-likeness (QED) is 0.479. The SMILES string of the molecule is COc1ccc(OC)c(CCNC(=O)C(CCS(C)(=O)=O)NC(=O)OCc2ccccc2)c1. The third-order valence-electron chi connectivity index (χ3n) is 4.78. The Morgan fingerprint density at radius 1 is 1.03 bits per heavy atom. The Hall–Kier alpha value is -3.27. The summed E-state index contributed by atoms with van der Waals surface area (Å²) in [5.41, 5.74) is 1.62. The molecule has 0 radical (unpaired) electrons. The number of amides is 2. The van der Waals surface area contributed by atoms with E-state index < -0.39 is 27.9 Å². The number of hydrogen-bond acceptors (Lipinski definition) is 7. The van der Waals surface area contributed by atoms with Crippen molar-refractivity contribution in [2.24, 2.45) is 0 Å². The molecule has 9 nitrogen and oxygen atoms in total. The summed E-state index contributed by atoms with van der Waals surface area (Å²) in [6, 6.07) is 13.4. The molecule has 0 aromatic heterocycles. The summed E-state index contributed by atoms with van der Waals surface area (Å²) in [6.07, 6.45) is 0.642. The highest BCUT2D eigenvalue weighted by Crippen LogP contribution is 2.24. The number of nitrogens with one attached hydrogen (secondary N) is 2. The fourth-order valence-electron chi connectivity index (χ4n) is 3.03. The highest BCUT2D eigenvalue weighted by molar-refractivity contribution is 7.90. The smallest absolute Gasteiger partial charge is 0.408 e. The van der Waals surface area contributed by atoms with Crippen molar-refractivity contribution in [1.29, 1.82) is 0 Å². The monoisotopic (exact) mass is 478 g/mol. The molecule has 0 heterocycles. The lowest BCUT2D eigenvalue weighted by molar-refractivity contribution is -0.123. The van der Waals surface area contributed by atoms with Crippen LogP contribution in [-0.2, 0) is 32.4 Å². The van der Waals surface area contributed by atoms with Gasteiger partial charge in [0.1, 0.15) is 34.0 Å². The van der Waals surface area contributed by atoms with E-state index in [1.807, 2.05) is 24.3 Å². The minimum absolute atomic E-state index is 0.0305. The molecule has 1 unspecified atom stereocenters.